The summed E-state index contributed by atoms with van der Waals surface area (Å²) in [6.07, 6.45) is -0.744. The van der Waals surface area contributed by atoms with Gasteiger partial charge < -0.3 is 10.1 Å². The minimum absolute atomic E-state index is 0.0630. The fourth-order valence-corrected chi connectivity index (χ4v) is 3.03. The van der Waals surface area contributed by atoms with Crippen LogP contribution in [0.5, 0.6) is 5.88 Å². The van der Waals surface area contributed by atoms with Crippen molar-refractivity contribution in [2.45, 2.75) is 18.4 Å². The number of urea groups is 1. The molecule has 33 heavy (non-hydrogen) atoms. The smallest absolute Gasteiger partial charge is 0.362 e. The molecule has 3 amide bonds. The lowest BCUT2D eigenvalue weighted by Crippen LogP contribution is -2.35. The van der Waals surface area contributed by atoms with Crippen molar-refractivity contribution >= 4 is 29.2 Å². The topological polar surface area (TPSA) is 80.3 Å². The van der Waals surface area contributed by atoms with Crippen LogP contribution >= 0.6 is 11.6 Å². The number of benzene rings is 2. The van der Waals surface area contributed by atoms with Crippen molar-refractivity contribution in [1.29, 1.82) is 0 Å². The van der Waals surface area contributed by atoms with Crippen LogP contribution in [0.1, 0.15) is 27.6 Å². The number of aromatic nitrogens is 1. The third-order valence-electron chi connectivity index (χ3n) is 4.33. The van der Waals surface area contributed by atoms with E-state index in [1.165, 1.54) is 25.1 Å². The van der Waals surface area contributed by atoms with Crippen LogP contribution in [-0.2, 0) is 0 Å². The molecule has 0 aliphatic rings. The summed E-state index contributed by atoms with van der Waals surface area (Å²) >= 11 is 5.22. The second kappa shape index (κ2) is 9.86. The average Bonchev–Trinajstić information content (AvgIpc) is 2.72. The molecule has 6 nitrogen and oxygen atoms in total. The molecule has 2 N–H and O–H groups in total. The zero-order chi connectivity index (χ0) is 24.2. The number of nitrogens with one attached hydrogen (secondary N) is 2. The van der Waals surface area contributed by atoms with E-state index in [1.54, 1.807) is 23.5 Å². The summed E-state index contributed by atoms with van der Waals surface area (Å²) in [6, 6.07) is 10.7. The number of ether oxygens (including phenoxy) is 1. The van der Waals surface area contributed by atoms with Gasteiger partial charge in [-0.05, 0) is 42.3 Å². The summed E-state index contributed by atoms with van der Waals surface area (Å²) in [5, 5.41) is 0.305. The highest BCUT2D eigenvalue weighted by Gasteiger charge is 2.41. The Balaban J connectivity index is 1.71. The van der Waals surface area contributed by atoms with Crippen LogP contribution in [-0.4, -0.2) is 22.3 Å². The van der Waals surface area contributed by atoms with Crippen LogP contribution < -0.4 is 15.4 Å². The minimum atomic E-state index is -3.74. The summed E-state index contributed by atoms with van der Waals surface area (Å²) in [6.45, 7) is 1.49. The average molecular weight is 482 g/mol. The molecule has 0 radical (unpaired) electrons. The molecule has 2 aromatic carbocycles. The van der Waals surface area contributed by atoms with E-state index in [2.05, 4.69) is 10.3 Å². The van der Waals surface area contributed by atoms with Gasteiger partial charge in [-0.15, -0.1) is 0 Å². The van der Waals surface area contributed by atoms with E-state index in [0.717, 1.165) is 24.4 Å². The normalized spacial score (nSPS) is 12.1. The Bertz CT molecular complexity index is 1150. The van der Waals surface area contributed by atoms with E-state index < -0.39 is 40.6 Å². The summed E-state index contributed by atoms with van der Waals surface area (Å²) in [5.74, 6) is -3.73. The molecule has 0 saturated carbocycles. The number of amides is 3. The number of rotatable bonds is 6. The molecular weight excluding hydrogens is 466 g/mol. The molecule has 3 rings (SSSR count). The number of hydrogen-bond donors (Lipinski definition) is 2. The number of halogens is 5. The van der Waals surface area contributed by atoms with Gasteiger partial charge in [-0.2, -0.15) is 8.78 Å². The van der Waals surface area contributed by atoms with Crippen LogP contribution in [0.15, 0.2) is 60.8 Å². The summed E-state index contributed by atoms with van der Waals surface area (Å²) in [4.78, 5) is 27.9. The lowest BCUT2D eigenvalue weighted by atomic mass is 10.1. The Morgan fingerprint density at radius 2 is 1.70 bits per heavy atom. The first-order valence-electron chi connectivity index (χ1n) is 9.37. The SMILES string of the molecule is Cc1cc(NC(=O)NC(=O)c2c(F)cccc2F)cnc1OC(c1ccccc1)C(F)(F)Cl. The van der Waals surface area contributed by atoms with Crippen molar-refractivity contribution in [2.24, 2.45) is 0 Å². The number of anilines is 1. The highest BCUT2D eigenvalue weighted by atomic mass is 35.5. The summed E-state index contributed by atoms with van der Waals surface area (Å²) < 4.78 is 60.5. The Morgan fingerprint density at radius 1 is 1.06 bits per heavy atom. The molecule has 0 spiro atoms. The van der Waals surface area contributed by atoms with E-state index in [0.29, 0.717) is 0 Å². The van der Waals surface area contributed by atoms with Gasteiger partial charge in [0.25, 0.3) is 5.91 Å². The Morgan fingerprint density at radius 3 is 2.27 bits per heavy atom. The van der Waals surface area contributed by atoms with Gasteiger partial charge >= 0.3 is 11.4 Å². The van der Waals surface area contributed by atoms with E-state index in [-0.39, 0.29) is 22.7 Å². The maximum atomic E-state index is 13.9. The highest BCUT2D eigenvalue weighted by Crippen LogP contribution is 2.39. The number of nitrogens with zero attached hydrogens (tertiary/aromatic N) is 1. The molecule has 0 aliphatic carbocycles. The maximum Gasteiger partial charge on any atom is 0.362 e. The van der Waals surface area contributed by atoms with Crippen molar-refractivity contribution in [3.8, 4) is 5.88 Å². The minimum Gasteiger partial charge on any atom is -0.461 e. The van der Waals surface area contributed by atoms with Gasteiger partial charge in [0.2, 0.25) is 12.0 Å². The zero-order valence-electron chi connectivity index (χ0n) is 16.9. The van der Waals surface area contributed by atoms with Gasteiger partial charge in [-0.1, -0.05) is 36.4 Å². The van der Waals surface area contributed by atoms with Gasteiger partial charge in [0.15, 0.2) is 0 Å². The van der Waals surface area contributed by atoms with Crippen molar-refractivity contribution in [3.63, 3.8) is 0 Å². The first kappa shape index (κ1) is 24.0. The quantitative estimate of drug-likeness (QED) is 0.356. The fourth-order valence-electron chi connectivity index (χ4n) is 2.86. The molecule has 0 saturated heterocycles. The van der Waals surface area contributed by atoms with Crippen molar-refractivity contribution in [2.75, 3.05) is 5.32 Å². The number of imide groups is 1. The maximum absolute atomic E-state index is 13.9. The first-order chi connectivity index (χ1) is 15.6. The number of hydrogen-bond acceptors (Lipinski definition) is 4. The monoisotopic (exact) mass is 481 g/mol. The lowest BCUT2D eigenvalue weighted by Gasteiger charge is -2.23. The summed E-state index contributed by atoms with van der Waals surface area (Å²) in [5.41, 5.74) is -0.465. The lowest BCUT2D eigenvalue weighted by molar-refractivity contribution is -0.0299. The largest absolute Gasteiger partial charge is 0.461 e. The van der Waals surface area contributed by atoms with E-state index in [4.69, 9.17) is 16.3 Å². The van der Waals surface area contributed by atoms with Crippen molar-refractivity contribution in [3.05, 3.63) is 89.1 Å². The molecule has 0 aliphatic heterocycles. The zero-order valence-corrected chi connectivity index (χ0v) is 17.7. The van der Waals surface area contributed by atoms with Gasteiger partial charge in [-0.25, -0.2) is 18.6 Å². The second-order valence-electron chi connectivity index (χ2n) is 6.80. The van der Waals surface area contributed by atoms with Gasteiger partial charge in [-0.3, -0.25) is 10.1 Å². The molecule has 0 bridgehead atoms. The number of pyridine rings is 1. The molecule has 0 fully saturated rings. The van der Waals surface area contributed by atoms with Crippen LogP contribution in [0.2, 0.25) is 0 Å². The first-order valence-corrected chi connectivity index (χ1v) is 9.75. The Labute approximate surface area is 190 Å². The number of aryl methyl sites for hydroxylation is 1. The molecular formula is C22H16ClF4N3O3. The van der Waals surface area contributed by atoms with Crippen molar-refractivity contribution < 1.29 is 31.9 Å². The van der Waals surface area contributed by atoms with Gasteiger partial charge in [0.1, 0.15) is 17.2 Å². The molecule has 1 aromatic heterocycles. The molecule has 11 heteroatoms. The molecule has 1 atom stereocenters. The van der Waals surface area contributed by atoms with Crippen LogP contribution in [0.3, 0.4) is 0 Å². The molecule has 1 unspecified atom stereocenters. The Hall–Kier alpha value is -3.66. The summed E-state index contributed by atoms with van der Waals surface area (Å²) in [7, 11) is 0. The molecule has 1 heterocycles. The Kier molecular flexibility index (Phi) is 7.17. The predicted molar refractivity (Wildman–Crippen MR) is 112 cm³/mol. The van der Waals surface area contributed by atoms with Crippen LogP contribution in [0, 0.1) is 18.6 Å². The van der Waals surface area contributed by atoms with Gasteiger partial charge in [0, 0.05) is 5.56 Å². The van der Waals surface area contributed by atoms with Crippen LogP contribution in [0.4, 0.5) is 28.0 Å². The van der Waals surface area contributed by atoms with Crippen LogP contribution in [0.25, 0.3) is 0 Å². The third kappa shape index (κ3) is 5.98. The fraction of sp³-hybridized carbons (Fsp3) is 0.136. The van der Waals surface area contributed by atoms with Gasteiger partial charge in [0.05, 0.1) is 11.9 Å². The predicted octanol–water partition coefficient (Wildman–Crippen LogP) is 5.58. The van der Waals surface area contributed by atoms with E-state index in [9.17, 15) is 27.2 Å². The van der Waals surface area contributed by atoms with Crippen molar-refractivity contribution in [1.82, 2.24) is 10.3 Å². The second-order valence-corrected chi connectivity index (χ2v) is 7.31. The number of carbonyl (C=O) groups excluding carboxylic acids is 2. The third-order valence-corrected chi connectivity index (χ3v) is 4.53. The number of alkyl halides is 3. The standard InChI is InChI=1S/C22H16ClF4N3O3/c1-12-10-14(29-21(32)30-19(31)17-15(24)8-5-9-16(17)25)11-28-20(12)33-18(22(23,26)27)13-6-3-2-4-7-13/h2-11,18H,1H3,(H2,29,30,31,32). The molecule has 172 valence electrons. The number of carbonyl (C=O) groups is 2. The van der Waals surface area contributed by atoms with E-state index in [1.807, 2.05) is 0 Å². The highest BCUT2D eigenvalue weighted by molar-refractivity contribution is 6.22. The molecule has 3 aromatic rings. The van der Waals surface area contributed by atoms with E-state index >= 15 is 0 Å².